The van der Waals surface area contributed by atoms with Crippen molar-refractivity contribution in [1.29, 1.82) is 0 Å². The molecule has 0 aliphatic carbocycles. The van der Waals surface area contributed by atoms with Gasteiger partial charge in [0.25, 0.3) is 0 Å². The van der Waals surface area contributed by atoms with Crippen molar-refractivity contribution in [1.82, 2.24) is 10.2 Å². The minimum atomic E-state index is -0.630. The van der Waals surface area contributed by atoms with Gasteiger partial charge in [-0.1, -0.05) is 84.4 Å². The zero-order chi connectivity index (χ0) is 24.7. The largest absolute Gasteiger partial charge is 0.350 e. The second-order valence-corrected chi connectivity index (χ2v) is 10.1. The van der Waals surface area contributed by atoms with Crippen LogP contribution in [-0.4, -0.2) is 28.3 Å². The summed E-state index contributed by atoms with van der Waals surface area (Å²) in [6.07, 6.45) is 0.259. The molecule has 0 radical (unpaired) electrons. The van der Waals surface area contributed by atoms with Crippen molar-refractivity contribution in [3.63, 3.8) is 0 Å². The number of nitrogens with one attached hydrogen (secondary N) is 1. The van der Waals surface area contributed by atoms with E-state index < -0.39 is 11.6 Å². The van der Waals surface area contributed by atoms with Crippen molar-refractivity contribution in [3.8, 4) is 0 Å². The average Bonchev–Trinajstić information content (AvgIpc) is 2.81. The van der Waals surface area contributed by atoms with Gasteiger partial charge in [0.05, 0.1) is 0 Å². The van der Waals surface area contributed by atoms with Crippen molar-refractivity contribution < 1.29 is 9.59 Å². The Morgan fingerprint density at radius 2 is 1.35 bits per heavy atom. The Balaban J connectivity index is 1.92. The van der Waals surface area contributed by atoms with E-state index in [1.807, 2.05) is 93.6 Å². The van der Waals surface area contributed by atoms with Crippen molar-refractivity contribution >= 4 is 23.4 Å². The van der Waals surface area contributed by atoms with E-state index >= 15 is 0 Å². The number of nitrogens with zero attached hydrogens (tertiary/aromatic N) is 1. The lowest BCUT2D eigenvalue weighted by Gasteiger charge is -2.32. The fourth-order valence-electron chi connectivity index (χ4n) is 3.93. The monoisotopic (exact) mass is 476 g/mol. The molecule has 0 saturated heterocycles. The minimum Gasteiger partial charge on any atom is -0.350 e. The lowest BCUT2D eigenvalue weighted by molar-refractivity contribution is -0.141. The smallest absolute Gasteiger partial charge is 0.242 e. The van der Waals surface area contributed by atoms with Crippen LogP contribution in [-0.2, 0) is 16.1 Å². The summed E-state index contributed by atoms with van der Waals surface area (Å²) in [4.78, 5) is 28.5. The Bertz CT molecular complexity index is 1040. The minimum absolute atomic E-state index is 0.0794. The van der Waals surface area contributed by atoms with Gasteiger partial charge in [-0.2, -0.15) is 0 Å². The van der Waals surface area contributed by atoms with E-state index in [-0.39, 0.29) is 24.2 Å². The molecule has 0 spiro atoms. The number of hydrogen-bond acceptors (Lipinski definition) is 2. The third-order valence-electron chi connectivity index (χ3n) is 5.71. The Kier molecular flexibility index (Phi) is 8.51. The molecule has 4 nitrogen and oxygen atoms in total. The zero-order valence-electron chi connectivity index (χ0n) is 20.3. The molecule has 0 aromatic heterocycles. The highest BCUT2D eigenvalue weighted by atomic mass is 35.5. The van der Waals surface area contributed by atoms with Gasteiger partial charge >= 0.3 is 0 Å². The third kappa shape index (κ3) is 7.19. The summed E-state index contributed by atoms with van der Waals surface area (Å²) in [5.41, 5.74) is 2.67. The van der Waals surface area contributed by atoms with Gasteiger partial charge in [0.15, 0.2) is 0 Å². The Labute approximate surface area is 207 Å². The van der Waals surface area contributed by atoms with E-state index in [9.17, 15) is 9.59 Å². The quantitative estimate of drug-likeness (QED) is 0.421. The molecule has 3 aromatic carbocycles. The van der Waals surface area contributed by atoms with Gasteiger partial charge in [0, 0.05) is 29.4 Å². The molecule has 0 saturated carbocycles. The lowest BCUT2D eigenvalue weighted by Crippen LogP contribution is -2.52. The van der Waals surface area contributed by atoms with Gasteiger partial charge in [-0.05, 0) is 56.5 Å². The first-order valence-corrected chi connectivity index (χ1v) is 12.0. The summed E-state index contributed by atoms with van der Waals surface area (Å²) in [6.45, 7) is 7.91. The summed E-state index contributed by atoms with van der Waals surface area (Å²) in [5.74, 6) is -0.365. The molecule has 178 valence electrons. The molecule has 2 amide bonds. The first kappa shape index (κ1) is 25.5. The van der Waals surface area contributed by atoms with Crippen molar-refractivity contribution in [3.05, 3.63) is 107 Å². The van der Waals surface area contributed by atoms with Gasteiger partial charge in [0.1, 0.15) is 6.04 Å². The molecule has 1 unspecified atom stereocenters. The van der Waals surface area contributed by atoms with Crippen LogP contribution < -0.4 is 5.32 Å². The predicted molar refractivity (Wildman–Crippen MR) is 139 cm³/mol. The summed E-state index contributed by atoms with van der Waals surface area (Å²) >= 11 is 6.06. The Hall–Kier alpha value is -3.11. The summed E-state index contributed by atoms with van der Waals surface area (Å²) < 4.78 is 0. The molecule has 0 aliphatic heterocycles. The molecule has 1 atom stereocenters. The maximum atomic E-state index is 13.8. The second kappa shape index (κ2) is 11.3. The topological polar surface area (TPSA) is 49.4 Å². The SMILES string of the molecule is CC(C(=O)NC(C)(C)C)N(Cc1ccc(Cl)cc1)C(=O)CC(c1ccccc1)c1ccccc1. The molecule has 3 aromatic rings. The Morgan fingerprint density at radius 3 is 1.82 bits per heavy atom. The molecule has 5 heteroatoms. The van der Waals surface area contributed by atoms with Crippen molar-refractivity contribution in [2.45, 2.75) is 58.2 Å². The molecule has 3 rings (SSSR count). The number of carbonyl (C=O) groups is 2. The standard InChI is InChI=1S/C29H33ClN2O2/c1-21(28(34)31-29(2,3)4)32(20-22-15-17-25(30)18-16-22)27(33)19-26(23-11-7-5-8-12-23)24-13-9-6-10-14-24/h5-18,21,26H,19-20H2,1-4H3,(H,31,34). The van der Waals surface area contributed by atoms with Crippen LogP contribution >= 0.6 is 11.6 Å². The molecular formula is C29H33ClN2O2. The highest BCUT2D eigenvalue weighted by Gasteiger charge is 2.30. The van der Waals surface area contributed by atoms with Crippen LogP contribution in [0.15, 0.2) is 84.9 Å². The van der Waals surface area contributed by atoms with Crippen LogP contribution in [0.4, 0.5) is 0 Å². The predicted octanol–water partition coefficient (Wildman–Crippen LogP) is 6.19. The first-order valence-electron chi connectivity index (χ1n) is 11.6. The Morgan fingerprint density at radius 1 is 0.853 bits per heavy atom. The fraction of sp³-hybridized carbons (Fsp3) is 0.310. The van der Waals surface area contributed by atoms with E-state index in [0.29, 0.717) is 11.6 Å². The fourth-order valence-corrected chi connectivity index (χ4v) is 4.06. The van der Waals surface area contributed by atoms with Gasteiger partial charge in [-0.25, -0.2) is 0 Å². The van der Waals surface area contributed by atoms with E-state index in [2.05, 4.69) is 5.32 Å². The first-order chi connectivity index (χ1) is 16.1. The molecule has 0 heterocycles. The highest BCUT2D eigenvalue weighted by Crippen LogP contribution is 2.29. The average molecular weight is 477 g/mol. The normalized spacial score (nSPS) is 12.3. The zero-order valence-corrected chi connectivity index (χ0v) is 21.0. The van der Waals surface area contributed by atoms with E-state index in [1.54, 1.807) is 24.0 Å². The maximum absolute atomic E-state index is 13.8. The highest BCUT2D eigenvalue weighted by molar-refractivity contribution is 6.30. The van der Waals surface area contributed by atoms with Crippen LogP contribution in [0.5, 0.6) is 0 Å². The van der Waals surface area contributed by atoms with Gasteiger partial charge < -0.3 is 10.2 Å². The van der Waals surface area contributed by atoms with Crippen LogP contribution in [0.3, 0.4) is 0 Å². The number of hydrogen-bond donors (Lipinski definition) is 1. The third-order valence-corrected chi connectivity index (χ3v) is 5.97. The van der Waals surface area contributed by atoms with Gasteiger partial charge in [-0.15, -0.1) is 0 Å². The van der Waals surface area contributed by atoms with Gasteiger partial charge in [0.2, 0.25) is 11.8 Å². The summed E-state index contributed by atoms with van der Waals surface area (Å²) in [6, 6.07) is 26.8. The summed E-state index contributed by atoms with van der Waals surface area (Å²) in [7, 11) is 0. The molecule has 0 aliphatic rings. The second-order valence-electron chi connectivity index (χ2n) is 9.64. The summed E-state index contributed by atoms with van der Waals surface area (Å²) in [5, 5.41) is 3.64. The molecular weight excluding hydrogens is 444 g/mol. The number of rotatable bonds is 8. The molecule has 1 N–H and O–H groups in total. The maximum Gasteiger partial charge on any atom is 0.242 e. The van der Waals surface area contributed by atoms with Crippen LogP contribution in [0.25, 0.3) is 0 Å². The lowest BCUT2D eigenvalue weighted by atomic mass is 9.88. The van der Waals surface area contributed by atoms with Crippen LogP contribution in [0, 0.1) is 0 Å². The van der Waals surface area contributed by atoms with E-state index in [1.165, 1.54) is 0 Å². The number of halogens is 1. The molecule has 0 fully saturated rings. The van der Waals surface area contributed by atoms with Crippen LogP contribution in [0.2, 0.25) is 5.02 Å². The molecule has 34 heavy (non-hydrogen) atoms. The van der Waals surface area contributed by atoms with Crippen LogP contribution in [0.1, 0.15) is 56.7 Å². The van der Waals surface area contributed by atoms with Crippen molar-refractivity contribution in [2.24, 2.45) is 0 Å². The number of amides is 2. The van der Waals surface area contributed by atoms with E-state index in [0.717, 1.165) is 16.7 Å². The van der Waals surface area contributed by atoms with E-state index in [4.69, 9.17) is 11.6 Å². The molecule has 0 bridgehead atoms. The van der Waals surface area contributed by atoms with Crippen molar-refractivity contribution in [2.75, 3.05) is 0 Å². The van der Waals surface area contributed by atoms with Gasteiger partial charge in [-0.3, -0.25) is 9.59 Å². The number of benzene rings is 3. The number of carbonyl (C=O) groups excluding carboxylic acids is 2.